The molecule has 4 atom stereocenters. The number of hydrogen-bond donors (Lipinski definition) is 2. The zero-order chi connectivity index (χ0) is 22.6. The predicted molar refractivity (Wildman–Crippen MR) is 121 cm³/mol. The van der Waals surface area contributed by atoms with Crippen molar-refractivity contribution >= 4 is 5.97 Å². The molecule has 5 heteroatoms. The summed E-state index contributed by atoms with van der Waals surface area (Å²) in [5.74, 6) is -1.61. The van der Waals surface area contributed by atoms with Crippen molar-refractivity contribution in [3.8, 4) is 0 Å². The second-order valence-corrected chi connectivity index (χ2v) is 9.82. The number of rotatable bonds is 16. The highest BCUT2D eigenvalue weighted by atomic mass is 16.7. The van der Waals surface area contributed by atoms with Crippen LogP contribution in [-0.2, 0) is 14.3 Å². The van der Waals surface area contributed by atoms with Gasteiger partial charge in [-0.25, -0.2) is 4.79 Å². The average molecular weight is 429 g/mol. The lowest BCUT2D eigenvalue weighted by Gasteiger charge is -2.39. The van der Waals surface area contributed by atoms with E-state index < -0.39 is 17.2 Å². The third-order valence-electron chi connectivity index (χ3n) is 7.22. The average Bonchev–Trinajstić information content (AvgIpc) is 3.06. The lowest BCUT2D eigenvalue weighted by molar-refractivity contribution is -0.259. The van der Waals surface area contributed by atoms with Crippen LogP contribution in [0.25, 0.3) is 0 Å². The summed E-state index contributed by atoms with van der Waals surface area (Å²) in [5, 5.41) is 21.2. The molecule has 1 rings (SSSR count). The van der Waals surface area contributed by atoms with E-state index in [1.165, 1.54) is 52.1 Å². The Morgan fingerprint density at radius 2 is 1.60 bits per heavy atom. The molecule has 30 heavy (non-hydrogen) atoms. The van der Waals surface area contributed by atoms with E-state index in [4.69, 9.17) is 9.47 Å². The van der Waals surface area contributed by atoms with Gasteiger partial charge >= 0.3 is 5.97 Å². The lowest BCUT2D eigenvalue weighted by Crippen LogP contribution is -2.53. The van der Waals surface area contributed by atoms with Crippen LogP contribution in [0.1, 0.15) is 111 Å². The van der Waals surface area contributed by atoms with Gasteiger partial charge in [0.05, 0.1) is 12.7 Å². The second-order valence-electron chi connectivity index (χ2n) is 9.82. The van der Waals surface area contributed by atoms with E-state index >= 15 is 0 Å². The Morgan fingerprint density at radius 1 is 0.967 bits per heavy atom. The van der Waals surface area contributed by atoms with E-state index in [-0.39, 0.29) is 12.7 Å². The minimum Gasteiger partial charge on any atom is -0.462 e. The van der Waals surface area contributed by atoms with Gasteiger partial charge in [-0.2, -0.15) is 0 Å². The normalized spacial score (nSPS) is 24.0. The quantitative estimate of drug-likeness (QED) is 0.190. The summed E-state index contributed by atoms with van der Waals surface area (Å²) in [6.07, 6.45) is 14.6. The van der Waals surface area contributed by atoms with Gasteiger partial charge in [0.25, 0.3) is 5.79 Å². The lowest BCUT2D eigenvalue weighted by atomic mass is 9.77. The summed E-state index contributed by atoms with van der Waals surface area (Å²) in [7, 11) is 1.35. The number of carbonyl (C=O) groups is 1. The van der Waals surface area contributed by atoms with Gasteiger partial charge in [0.15, 0.2) is 0 Å². The third kappa shape index (κ3) is 7.80. The molecule has 0 aromatic heterocycles. The molecule has 0 spiro atoms. The van der Waals surface area contributed by atoms with E-state index in [0.717, 1.165) is 32.1 Å². The molecule has 0 bridgehead atoms. The summed E-state index contributed by atoms with van der Waals surface area (Å²) in [4.78, 5) is 12.2. The fourth-order valence-electron chi connectivity index (χ4n) is 5.08. The first-order valence-electron chi connectivity index (χ1n) is 12.4. The van der Waals surface area contributed by atoms with Crippen LogP contribution < -0.4 is 0 Å². The Balaban J connectivity index is 2.43. The number of unbranched alkanes of at least 4 members (excludes halogenated alkanes) is 6. The molecule has 0 aromatic carbocycles. The van der Waals surface area contributed by atoms with Crippen molar-refractivity contribution in [3.63, 3.8) is 0 Å². The van der Waals surface area contributed by atoms with Gasteiger partial charge in [0.2, 0.25) is 0 Å². The monoisotopic (exact) mass is 428 g/mol. The predicted octanol–water partition coefficient (Wildman–Crippen LogP) is 5.61. The molecule has 1 unspecified atom stereocenters. The van der Waals surface area contributed by atoms with Crippen molar-refractivity contribution in [1.29, 1.82) is 0 Å². The first-order chi connectivity index (χ1) is 14.2. The molecule has 1 aliphatic rings. The maximum Gasteiger partial charge on any atom is 0.367 e. The van der Waals surface area contributed by atoms with Crippen molar-refractivity contribution in [2.45, 2.75) is 123 Å². The number of carbonyl (C=O) groups excluding carboxylic acids is 1. The van der Waals surface area contributed by atoms with Gasteiger partial charge in [-0.15, -0.1) is 0 Å². The summed E-state index contributed by atoms with van der Waals surface area (Å²) >= 11 is 0. The summed E-state index contributed by atoms with van der Waals surface area (Å²) < 4.78 is 10.2. The number of methoxy groups -OCH3 is 1. The zero-order valence-corrected chi connectivity index (χ0v) is 20.3. The number of esters is 1. The molecule has 0 amide bonds. The van der Waals surface area contributed by atoms with Gasteiger partial charge in [-0.05, 0) is 44.4 Å². The van der Waals surface area contributed by atoms with Crippen LogP contribution in [0.5, 0.6) is 0 Å². The summed E-state index contributed by atoms with van der Waals surface area (Å²) in [5.41, 5.74) is -0.750. The fraction of sp³-hybridized carbons (Fsp3) is 0.960. The highest BCUT2D eigenvalue weighted by molar-refractivity contribution is 5.78. The van der Waals surface area contributed by atoms with Gasteiger partial charge < -0.3 is 19.7 Å². The number of ether oxygens (including phenoxy) is 2. The van der Waals surface area contributed by atoms with Crippen molar-refractivity contribution in [2.75, 3.05) is 13.7 Å². The van der Waals surface area contributed by atoms with E-state index in [1.54, 1.807) is 6.92 Å². The SMILES string of the molecule is CCCCCCCC[C@H]1CC[C@H](O)[C@@H]1CCCCC(C)(C)C(O)(OC)C(=O)OCC. The van der Waals surface area contributed by atoms with Crippen LogP contribution in [-0.4, -0.2) is 41.8 Å². The molecule has 178 valence electrons. The molecule has 2 N–H and O–H groups in total. The fourth-order valence-corrected chi connectivity index (χ4v) is 5.08. The molecule has 1 fully saturated rings. The standard InChI is InChI=1S/C25H48O5/c1-6-8-9-10-11-12-15-20-17-18-22(26)21(20)16-13-14-19-24(3,4)25(28,29-5)23(27)30-7-2/h20-22,26,28H,6-19H2,1-5H3/t20-,21+,22-,25?/m0/s1. The van der Waals surface area contributed by atoms with Gasteiger partial charge in [-0.3, -0.25) is 0 Å². The maximum absolute atomic E-state index is 12.2. The first kappa shape index (κ1) is 27.4. The Bertz CT molecular complexity index is 478. The van der Waals surface area contributed by atoms with Crippen molar-refractivity contribution < 1.29 is 24.5 Å². The van der Waals surface area contributed by atoms with Crippen LogP contribution in [0.15, 0.2) is 0 Å². The Hall–Kier alpha value is -0.650. The summed E-state index contributed by atoms with van der Waals surface area (Å²) in [6, 6.07) is 0. The first-order valence-corrected chi connectivity index (χ1v) is 12.4. The molecule has 1 aliphatic carbocycles. The molecule has 0 aromatic rings. The molecule has 0 heterocycles. The smallest absolute Gasteiger partial charge is 0.367 e. The van der Waals surface area contributed by atoms with E-state index in [1.807, 2.05) is 13.8 Å². The van der Waals surface area contributed by atoms with Crippen LogP contribution in [0.4, 0.5) is 0 Å². The maximum atomic E-state index is 12.2. The van der Waals surface area contributed by atoms with Crippen LogP contribution >= 0.6 is 0 Å². The van der Waals surface area contributed by atoms with Crippen molar-refractivity contribution in [1.82, 2.24) is 0 Å². The molecule has 1 saturated carbocycles. The van der Waals surface area contributed by atoms with Crippen molar-refractivity contribution in [3.05, 3.63) is 0 Å². The van der Waals surface area contributed by atoms with E-state index in [0.29, 0.717) is 18.3 Å². The van der Waals surface area contributed by atoms with Gasteiger partial charge in [0, 0.05) is 12.5 Å². The van der Waals surface area contributed by atoms with Gasteiger partial charge in [0.1, 0.15) is 0 Å². The number of aliphatic hydroxyl groups excluding tert-OH is 1. The van der Waals surface area contributed by atoms with E-state index in [9.17, 15) is 15.0 Å². The Morgan fingerprint density at radius 3 is 2.23 bits per heavy atom. The largest absolute Gasteiger partial charge is 0.462 e. The number of aliphatic hydroxyl groups is 2. The zero-order valence-electron chi connectivity index (χ0n) is 20.3. The second kappa shape index (κ2) is 13.7. The van der Waals surface area contributed by atoms with Crippen molar-refractivity contribution in [2.24, 2.45) is 17.3 Å². The minimum atomic E-state index is -1.93. The summed E-state index contributed by atoms with van der Waals surface area (Å²) in [6.45, 7) is 7.87. The molecule has 0 saturated heterocycles. The topological polar surface area (TPSA) is 76.0 Å². The van der Waals surface area contributed by atoms with Gasteiger partial charge in [-0.1, -0.05) is 78.6 Å². The van der Waals surface area contributed by atoms with E-state index in [2.05, 4.69) is 6.92 Å². The van der Waals surface area contributed by atoms with Crippen LogP contribution in [0.2, 0.25) is 0 Å². The third-order valence-corrected chi connectivity index (χ3v) is 7.22. The molecule has 0 aliphatic heterocycles. The Kier molecular flexibility index (Phi) is 12.5. The molecular formula is C25H48O5. The highest BCUT2D eigenvalue weighted by Crippen LogP contribution is 2.41. The molecule has 5 nitrogen and oxygen atoms in total. The number of hydrogen-bond acceptors (Lipinski definition) is 5. The minimum absolute atomic E-state index is 0.168. The Labute approximate surface area is 184 Å². The van der Waals surface area contributed by atoms with Crippen LogP contribution in [0, 0.1) is 17.3 Å². The molecule has 0 radical (unpaired) electrons. The molecular weight excluding hydrogens is 380 g/mol. The van der Waals surface area contributed by atoms with Crippen LogP contribution in [0.3, 0.4) is 0 Å². The highest BCUT2D eigenvalue weighted by Gasteiger charge is 2.51.